The lowest BCUT2D eigenvalue weighted by Gasteiger charge is -2.22. The van der Waals surface area contributed by atoms with Gasteiger partial charge < -0.3 is 4.90 Å². The minimum Gasteiger partial charge on any atom is -0.312 e. The highest BCUT2D eigenvalue weighted by Crippen LogP contribution is 2.35. The first-order chi connectivity index (χ1) is 11.1. The van der Waals surface area contributed by atoms with Crippen LogP contribution < -0.4 is 4.90 Å². The van der Waals surface area contributed by atoms with Gasteiger partial charge in [0.15, 0.2) is 0 Å². The van der Waals surface area contributed by atoms with Crippen molar-refractivity contribution in [2.45, 2.75) is 26.7 Å². The van der Waals surface area contributed by atoms with Crippen LogP contribution in [0.3, 0.4) is 0 Å². The summed E-state index contributed by atoms with van der Waals surface area (Å²) in [7, 11) is 0. The molecule has 23 heavy (non-hydrogen) atoms. The highest BCUT2D eigenvalue weighted by atomic mass is 16.2. The summed E-state index contributed by atoms with van der Waals surface area (Å²) >= 11 is 0. The fourth-order valence-corrected chi connectivity index (χ4v) is 3.64. The van der Waals surface area contributed by atoms with Crippen molar-refractivity contribution in [3.05, 3.63) is 47.7 Å². The van der Waals surface area contributed by atoms with Crippen LogP contribution in [0.25, 0.3) is 22.0 Å². The van der Waals surface area contributed by atoms with E-state index in [4.69, 9.17) is 0 Å². The van der Waals surface area contributed by atoms with Gasteiger partial charge in [-0.3, -0.25) is 9.89 Å². The van der Waals surface area contributed by atoms with Gasteiger partial charge in [-0.25, -0.2) is 0 Å². The van der Waals surface area contributed by atoms with Crippen LogP contribution in [0.5, 0.6) is 0 Å². The van der Waals surface area contributed by atoms with E-state index in [0.29, 0.717) is 6.42 Å². The van der Waals surface area contributed by atoms with Crippen molar-refractivity contribution >= 4 is 22.5 Å². The van der Waals surface area contributed by atoms with Gasteiger partial charge in [-0.2, -0.15) is 5.10 Å². The Hall–Kier alpha value is -2.62. The number of benzene rings is 2. The van der Waals surface area contributed by atoms with Gasteiger partial charge in [0.1, 0.15) is 0 Å². The Labute approximate surface area is 135 Å². The van der Waals surface area contributed by atoms with E-state index in [0.717, 1.165) is 40.7 Å². The molecule has 1 aromatic heterocycles. The SMILES string of the molecule is Cc1cc(-c2cccc3[nH]ncc23)cc(C)c1N1CCCC1=O. The Balaban J connectivity index is 1.86. The Bertz CT molecular complexity index is 887. The van der Waals surface area contributed by atoms with Crippen molar-refractivity contribution in [1.29, 1.82) is 0 Å². The Morgan fingerprint density at radius 3 is 2.65 bits per heavy atom. The number of aromatic amines is 1. The fourth-order valence-electron chi connectivity index (χ4n) is 3.64. The van der Waals surface area contributed by atoms with Gasteiger partial charge in [-0.15, -0.1) is 0 Å². The van der Waals surface area contributed by atoms with Crippen molar-refractivity contribution < 1.29 is 4.79 Å². The van der Waals surface area contributed by atoms with E-state index in [9.17, 15) is 4.79 Å². The van der Waals surface area contributed by atoms with Crippen LogP contribution in [0, 0.1) is 13.8 Å². The van der Waals surface area contributed by atoms with Crippen LogP contribution in [-0.2, 0) is 4.79 Å². The monoisotopic (exact) mass is 305 g/mol. The quantitative estimate of drug-likeness (QED) is 0.778. The molecule has 1 aliphatic heterocycles. The van der Waals surface area contributed by atoms with E-state index in [-0.39, 0.29) is 5.91 Å². The van der Waals surface area contributed by atoms with Crippen LogP contribution in [-0.4, -0.2) is 22.6 Å². The number of nitrogens with one attached hydrogen (secondary N) is 1. The second kappa shape index (κ2) is 5.23. The molecule has 1 saturated heterocycles. The van der Waals surface area contributed by atoms with E-state index in [2.05, 4.69) is 42.2 Å². The van der Waals surface area contributed by atoms with Crippen molar-refractivity contribution in [3.8, 4) is 11.1 Å². The summed E-state index contributed by atoms with van der Waals surface area (Å²) in [5.74, 6) is 0.237. The predicted octanol–water partition coefficient (Wildman–Crippen LogP) is 3.97. The molecule has 2 heterocycles. The standard InChI is InChI=1S/C19H19N3O/c1-12-9-14(15-5-3-6-17-16(15)11-20-21-17)10-13(2)19(12)22-8-4-7-18(22)23/h3,5-6,9-11H,4,7-8H2,1-2H3,(H,20,21). The van der Waals surface area contributed by atoms with Crippen LogP contribution in [0.2, 0.25) is 0 Å². The number of aryl methyl sites for hydroxylation is 2. The molecule has 0 unspecified atom stereocenters. The third-order valence-corrected chi connectivity index (χ3v) is 4.63. The lowest BCUT2D eigenvalue weighted by Crippen LogP contribution is -2.25. The number of hydrogen-bond donors (Lipinski definition) is 1. The van der Waals surface area contributed by atoms with E-state index >= 15 is 0 Å². The van der Waals surface area contributed by atoms with Gasteiger partial charge >= 0.3 is 0 Å². The molecule has 0 radical (unpaired) electrons. The summed E-state index contributed by atoms with van der Waals surface area (Å²) in [5.41, 5.74) is 6.75. The molecular formula is C19H19N3O. The van der Waals surface area contributed by atoms with Gasteiger partial charge in [0.2, 0.25) is 5.91 Å². The number of nitrogens with zero attached hydrogens (tertiary/aromatic N) is 2. The maximum absolute atomic E-state index is 12.1. The number of amides is 1. The molecule has 1 N–H and O–H groups in total. The van der Waals surface area contributed by atoms with E-state index in [1.54, 1.807) is 0 Å². The zero-order valence-electron chi connectivity index (χ0n) is 13.4. The zero-order valence-corrected chi connectivity index (χ0v) is 13.4. The van der Waals surface area contributed by atoms with Gasteiger partial charge in [0.25, 0.3) is 0 Å². The highest BCUT2D eigenvalue weighted by Gasteiger charge is 2.24. The molecule has 1 aliphatic rings. The number of rotatable bonds is 2. The molecule has 1 fully saturated rings. The van der Waals surface area contributed by atoms with Crippen LogP contribution in [0.15, 0.2) is 36.5 Å². The van der Waals surface area contributed by atoms with Crippen LogP contribution >= 0.6 is 0 Å². The first kappa shape index (κ1) is 14.0. The molecule has 3 aromatic rings. The second-order valence-corrected chi connectivity index (χ2v) is 6.24. The number of aromatic nitrogens is 2. The lowest BCUT2D eigenvalue weighted by molar-refractivity contribution is -0.117. The van der Waals surface area contributed by atoms with Crippen molar-refractivity contribution in [1.82, 2.24) is 10.2 Å². The molecule has 4 nitrogen and oxygen atoms in total. The topological polar surface area (TPSA) is 49.0 Å². The fraction of sp³-hybridized carbons (Fsp3) is 0.263. The molecule has 0 spiro atoms. The second-order valence-electron chi connectivity index (χ2n) is 6.24. The third kappa shape index (κ3) is 2.22. The minimum atomic E-state index is 0.237. The van der Waals surface area contributed by atoms with Crippen molar-refractivity contribution in [3.63, 3.8) is 0 Å². The predicted molar refractivity (Wildman–Crippen MR) is 92.6 cm³/mol. The van der Waals surface area contributed by atoms with Crippen molar-refractivity contribution in [2.75, 3.05) is 11.4 Å². The molecule has 116 valence electrons. The Kier molecular flexibility index (Phi) is 3.18. The van der Waals surface area contributed by atoms with Gasteiger partial charge in [-0.1, -0.05) is 12.1 Å². The molecule has 1 amide bonds. The number of fused-ring (bicyclic) bond motifs is 1. The molecular weight excluding hydrogens is 286 g/mol. The van der Waals surface area contributed by atoms with E-state index in [1.807, 2.05) is 23.2 Å². The van der Waals surface area contributed by atoms with Crippen molar-refractivity contribution in [2.24, 2.45) is 0 Å². The number of carbonyl (C=O) groups excluding carboxylic acids is 1. The first-order valence-electron chi connectivity index (χ1n) is 7.99. The summed E-state index contributed by atoms with van der Waals surface area (Å²) in [6.07, 6.45) is 3.48. The van der Waals surface area contributed by atoms with Gasteiger partial charge in [0, 0.05) is 24.0 Å². The first-order valence-corrected chi connectivity index (χ1v) is 7.99. The average molecular weight is 305 g/mol. The molecule has 0 atom stereocenters. The van der Waals surface area contributed by atoms with Gasteiger partial charge in [0.05, 0.1) is 11.7 Å². The number of carbonyl (C=O) groups is 1. The number of hydrogen-bond acceptors (Lipinski definition) is 2. The Morgan fingerprint density at radius 1 is 1.17 bits per heavy atom. The number of H-pyrrole nitrogens is 1. The molecule has 0 aliphatic carbocycles. The summed E-state index contributed by atoms with van der Waals surface area (Å²) in [4.78, 5) is 14.0. The van der Waals surface area contributed by atoms with Crippen LogP contribution in [0.1, 0.15) is 24.0 Å². The highest BCUT2D eigenvalue weighted by molar-refractivity contribution is 5.99. The number of anilines is 1. The van der Waals surface area contributed by atoms with E-state index < -0.39 is 0 Å². The maximum atomic E-state index is 12.1. The summed E-state index contributed by atoms with van der Waals surface area (Å²) in [6, 6.07) is 10.5. The largest absolute Gasteiger partial charge is 0.312 e. The average Bonchev–Trinajstić information content (AvgIpc) is 3.15. The zero-order chi connectivity index (χ0) is 16.0. The smallest absolute Gasteiger partial charge is 0.227 e. The van der Waals surface area contributed by atoms with Gasteiger partial charge in [-0.05, 0) is 60.7 Å². The summed E-state index contributed by atoms with van der Waals surface area (Å²) in [5, 5.41) is 8.28. The summed E-state index contributed by atoms with van der Waals surface area (Å²) < 4.78 is 0. The molecule has 0 saturated carbocycles. The van der Waals surface area contributed by atoms with Crippen LogP contribution in [0.4, 0.5) is 5.69 Å². The molecule has 4 rings (SSSR count). The van der Waals surface area contributed by atoms with E-state index in [1.165, 1.54) is 11.1 Å². The Morgan fingerprint density at radius 2 is 1.96 bits per heavy atom. The molecule has 0 bridgehead atoms. The maximum Gasteiger partial charge on any atom is 0.227 e. The normalized spacial score (nSPS) is 14.9. The summed E-state index contributed by atoms with van der Waals surface area (Å²) in [6.45, 7) is 5.01. The molecule has 4 heteroatoms. The molecule has 2 aromatic carbocycles. The minimum absolute atomic E-state index is 0.237. The lowest BCUT2D eigenvalue weighted by atomic mass is 9.96. The third-order valence-electron chi connectivity index (χ3n) is 4.63.